The maximum Gasteiger partial charge on any atom is 0.339 e. The molecule has 0 bridgehead atoms. The van der Waals surface area contributed by atoms with Crippen molar-refractivity contribution in [1.29, 1.82) is 0 Å². The Morgan fingerprint density at radius 3 is 2.47 bits per heavy atom. The molecule has 1 aromatic rings. The van der Waals surface area contributed by atoms with Crippen molar-refractivity contribution in [3.63, 3.8) is 0 Å². The van der Waals surface area contributed by atoms with Gasteiger partial charge in [-0.25, -0.2) is 13.2 Å². The van der Waals surface area contributed by atoms with Crippen LogP contribution in [-0.4, -0.2) is 33.7 Å². The molecule has 94 valence electrons. The van der Waals surface area contributed by atoms with E-state index in [1.165, 1.54) is 19.2 Å². The normalized spacial score (nSPS) is 11.2. The van der Waals surface area contributed by atoms with E-state index in [4.69, 9.17) is 9.84 Å². The van der Waals surface area contributed by atoms with Crippen molar-refractivity contribution in [2.45, 2.75) is 4.90 Å². The van der Waals surface area contributed by atoms with Crippen LogP contribution in [-0.2, 0) is 14.9 Å². The summed E-state index contributed by atoms with van der Waals surface area (Å²) in [7, 11) is -1.45. The van der Waals surface area contributed by atoms with Gasteiger partial charge in [0.2, 0.25) is 0 Å². The van der Waals surface area contributed by atoms with Gasteiger partial charge in [0.05, 0.1) is 19.1 Å². The van der Waals surface area contributed by atoms with Gasteiger partial charge in [-0.3, -0.25) is 4.84 Å². The quantitative estimate of drug-likeness (QED) is 0.736. The molecule has 0 aliphatic heterocycles. The van der Waals surface area contributed by atoms with Crippen LogP contribution >= 0.6 is 0 Å². The highest BCUT2D eigenvalue weighted by molar-refractivity contribution is 7.89. The molecule has 0 radical (unpaired) electrons. The van der Waals surface area contributed by atoms with Crippen molar-refractivity contribution in [3.05, 3.63) is 23.8 Å². The Labute approximate surface area is 98.0 Å². The van der Waals surface area contributed by atoms with Crippen molar-refractivity contribution >= 4 is 16.0 Å². The highest BCUT2D eigenvalue weighted by atomic mass is 32.2. The number of benzene rings is 1. The van der Waals surface area contributed by atoms with Gasteiger partial charge in [-0.05, 0) is 18.2 Å². The first-order valence-electron chi connectivity index (χ1n) is 4.38. The standard InChI is InChI=1S/C9H11NO6S/c1-15-8-4-3-6(5-7(8)9(11)12)17(13,14)10-16-2/h3-5,10H,1-2H3,(H,11,12). The van der Waals surface area contributed by atoms with Crippen molar-refractivity contribution < 1.29 is 27.9 Å². The van der Waals surface area contributed by atoms with Crippen LogP contribution in [0.2, 0.25) is 0 Å². The summed E-state index contributed by atoms with van der Waals surface area (Å²) in [6, 6.07) is 3.46. The lowest BCUT2D eigenvalue weighted by atomic mass is 10.2. The molecule has 17 heavy (non-hydrogen) atoms. The smallest absolute Gasteiger partial charge is 0.339 e. The summed E-state index contributed by atoms with van der Waals surface area (Å²) in [6.07, 6.45) is 0. The zero-order valence-corrected chi connectivity index (χ0v) is 9.95. The van der Waals surface area contributed by atoms with Crippen molar-refractivity contribution in [1.82, 2.24) is 4.89 Å². The van der Waals surface area contributed by atoms with Crippen molar-refractivity contribution in [3.8, 4) is 5.75 Å². The summed E-state index contributed by atoms with van der Waals surface area (Å²) in [5.41, 5.74) is -0.244. The van der Waals surface area contributed by atoms with E-state index in [0.717, 1.165) is 13.2 Å². The zero-order valence-electron chi connectivity index (χ0n) is 9.13. The molecular weight excluding hydrogens is 250 g/mol. The monoisotopic (exact) mass is 261 g/mol. The first-order valence-corrected chi connectivity index (χ1v) is 5.87. The fourth-order valence-electron chi connectivity index (χ4n) is 1.18. The number of carboxylic acids is 1. The number of nitrogens with one attached hydrogen (secondary N) is 1. The van der Waals surface area contributed by atoms with E-state index >= 15 is 0 Å². The van der Waals surface area contributed by atoms with Gasteiger partial charge in [-0.15, -0.1) is 0 Å². The number of rotatable bonds is 5. The fourth-order valence-corrected chi connectivity index (χ4v) is 2.02. The van der Waals surface area contributed by atoms with Crippen molar-refractivity contribution in [2.75, 3.05) is 14.2 Å². The second-order valence-corrected chi connectivity index (χ2v) is 4.60. The maximum atomic E-state index is 11.5. The summed E-state index contributed by atoms with van der Waals surface area (Å²) < 4.78 is 27.9. The number of sulfonamides is 1. The molecule has 0 aliphatic carbocycles. The first kappa shape index (κ1) is 13.4. The third-order valence-electron chi connectivity index (χ3n) is 1.90. The second-order valence-electron chi connectivity index (χ2n) is 2.96. The van der Waals surface area contributed by atoms with Crippen LogP contribution in [0, 0.1) is 0 Å². The molecule has 2 N–H and O–H groups in total. The van der Waals surface area contributed by atoms with Gasteiger partial charge in [0.25, 0.3) is 10.0 Å². The Bertz CT molecular complexity index is 524. The van der Waals surface area contributed by atoms with E-state index in [0.29, 0.717) is 0 Å². The molecule has 0 saturated carbocycles. The largest absolute Gasteiger partial charge is 0.496 e. The summed E-state index contributed by atoms with van der Waals surface area (Å²) >= 11 is 0. The molecule has 0 spiro atoms. The Kier molecular flexibility index (Phi) is 4.05. The molecule has 0 heterocycles. The van der Waals surface area contributed by atoms with Crippen LogP contribution in [0.15, 0.2) is 23.1 Å². The first-order chi connectivity index (χ1) is 7.92. The molecule has 1 aromatic carbocycles. The van der Waals surface area contributed by atoms with Crippen LogP contribution < -0.4 is 9.62 Å². The van der Waals surface area contributed by atoms with Gasteiger partial charge in [0, 0.05) is 0 Å². The third kappa shape index (κ3) is 2.93. The second kappa shape index (κ2) is 5.13. The topological polar surface area (TPSA) is 102 Å². The maximum absolute atomic E-state index is 11.5. The van der Waals surface area contributed by atoms with Gasteiger partial charge < -0.3 is 9.84 Å². The number of ether oxygens (including phenoxy) is 1. The van der Waals surface area contributed by atoms with Crippen LogP contribution in [0.5, 0.6) is 5.75 Å². The third-order valence-corrected chi connectivity index (χ3v) is 3.17. The van der Waals surface area contributed by atoms with E-state index in [1.807, 2.05) is 0 Å². The lowest BCUT2D eigenvalue weighted by molar-refractivity contribution is 0.0693. The molecule has 0 amide bonds. The SMILES string of the molecule is CONS(=O)(=O)c1ccc(OC)c(C(=O)O)c1. The Morgan fingerprint density at radius 2 is 2.00 bits per heavy atom. The molecule has 8 heteroatoms. The minimum Gasteiger partial charge on any atom is -0.496 e. The van der Waals surface area contributed by atoms with Gasteiger partial charge in [-0.2, -0.15) is 0 Å². The van der Waals surface area contributed by atoms with E-state index in [9.17, 15) is 13.2 Å². The predicted octanol–water partition coefficient (Wildman–Crippen LogP) is 0.233. The molecular formula is C9H11NO6S. The minimum absolute atomic E-state index is 0.0777. The molecule has 0 aromatic heterocycles. The zero-order chi connectivity index (χ0) is 13.1. The van der Waals surface area contributed by atoms with Crippen LogP contribution in [0.25, 0.3) is 0 Å². The summed E-state index contributed by atoms with van der Waals surface area (Å²) in [4.78, 5) is 16.7. The van der Waals surface area contributed by atoms with E-state index in [1.54, 1.807) is 4.89 Å². The highest BCUT2D eigenvalue weighted by Crippen LogP contribution is 2.22. The average molecular weight is 261 g/mol. The van der Waals surface area contributed by atoms with Crippen LogP contribution in [0.4, 0.5) is 0 Å². The van der Waals surface area contributed by atoms with Crippen LogP contribution in [0.1, 0.15) is 10.4 Å². The molecule has 0 atom stereocenters. The molecule has 1 rings (SSSR count). The molecule has 7 nitrogen and oxygen atoms in total. The summed E-state index contributed by atoms with van der Waals surface area (Å²) in [5.74, 6) is -1.20. The van der Waals surface area contributed by atoms with Gasteiger partial charge in [-0.1, -0.05) is 4.89 Å². The summed E-state index contributed by atoms with van der Waals surface area (Å²) in [5, 5.41) is 8.89. The Hall–Kier alpha value is -1.64. The molecule has 0 fully saturated rings. The molecule has 0 unspecified atom stereocenters. The van der Waals surface area contributed by atoms with E-state index < -0.39 is 16.0 Å². The lowest BCUT2D eigenvalue weighted by Crippen LogP contribution is -2.22. The number of hydrogen-bond acceptors (Lipinski definition) is 5. The summed E-state index contributed by atoms with van der Waals surface area (Å²) in [6.45, 7) is 0. The molecule has 0 saturated heterocycles. The van der Waals surface area contributed by atoms with Gasteiger partial charge >= 0.3 is 5.97 Å². The van der Waals surface area contributed by atoms with Gasteiger partial charge in [0.1, 0.15) is 11.3 Å². The Balaban J connectivity index is 3.31. The fraction of sp³-hybridized carbons (Fsp3) is 0.222. The molecule has 0 aliphatic rings. The van der Waals surface area contributed by atoms with Crippen molar-refractivity contribution in [2.24, 2.45) is 0 Å². The van der Waals surface area contributed by atoms with Gasteiger partial charge in [0.15, 0.2) is 0 Å². The number of carbonyl (C=O) groups is 1. The highest BCUT2D eigenvalue weighted by Gasteiger charge is 2.19. The lowest BCUT2D eigenvalue weighted by Gasteiger charge is -2.08. The Morgan fingerprint density at radius 1 is 1.35 bits per heavy atom. The number of carboxylic acid groups (broad SMARTS) is 1. The van der Waals surface area contributed by atoms with E-state index in [2.05, 4.69) is 4.84 Å². The number of aromatic carboxylic acids is 1. The number of hydrogen-bond donors (Lipinski definition) is 2. The minimum atomic E-state index is -3.88. The van der Waals surface area contributed by atoms with E-state index in [-0.39, 0.29) is 16.2 Å². The average Bonchev–Trinajstić information content (AvgIpc) is 2.28. The predicted molar refractivity (Wildman–Crippen MR) is 57.3 cm³/mol. The number of methoxy groups -OCH3 is 1. The van der Waals surface area contributed by atoms with Crippen LogP contribution in [0.3, 0.4) is 0 Å².